The highest BCUT2D eigenvalue weighted by atomic mass is 35.5. The van der Waals surface area contributed by atoms with Crippen LogP contribution in [0, 0.1) is 11.8 Å². The number of halogens is 1. The highest BCUT2D eigenvalue weighted by Gasteiger charge is 2.29. The Labute approximate surface area is 184 Å². The molecule has 30 heavy (non-hydrogen) atoms. The van der Waals surface area contributed by atoms with Gasteiger partial charge in [0, 0.05) is 0 Å². The number of hydrogen-bond acceptors (Lipinski definition) is 5. The molecule has 2 N–H and O–H groups in total. The summed E-state index contributed by atoms with van der Waals surface area (Å²) in [6.07, 6.45) is 7.51. The molecule has 0 aromatic rings. The molecule has 0 heterocycles. The fraction of sp³-hybridized carbons (Fsp3) is 0.857. The first-order valence-corrected chi connectivity index (χ1v) is 11.1. The number of aliphatic carboxylic acids is 1. The van der Waals surface area contributed by atoms with E-state index in [2.05, 4.69) is 10.2 Å². The van der Waals surface area contributed by atoms with Crippen LogP contribution in [0.25, 0.3) is 4.84 Å². The van der Waals surface area contributed by atoms with Crippen LogP contribution < -0.4 is 5.32 Å². The van der Waals surface area contributed by atoms with Crippen LogP contribution >= 0.6 is 11.8 Å². The highest BCUT2D eigenvalue weighted by molar-refractivity contribution is 6.26. The molecule has 2 aliphatic rings. The van der Waals surface area contributed by atoms with Gasteiger partial charge >= 0.3 is 12.1 Å². The lowest BCUT2D eigenvalue weighted by molar-refractivity contribution is -0.144. The van der Waals surface area contributed by atoms with Crippen LogP contribution in [0.3, 0.4) is 0 Å². The molecule has 2 fully saturated rings. The van der Waals surface area contributed by atoms with Crippen molar-refractivity contribution in [2.75, 3.05) is 6.61 Å². The van der Waals surface area contributed by atoms with E-state index in [0.717, 1.165) is 25.7 Å². The van der Waals surface area contributed by atoms with Gasteiger partial charge in [-0.3, -0.25) is 16.6 Å². The second-order valence-electron chi connectivity index (χ2n) is 8.97. The molecule has 2 unspecified atom stereocenters. The molecule has 174 valence electrons. The Bertz CT molecular complexity index is 558. The lowest BCUT2D eigenvalue weighted by atomic mass is 9.81. The van der Waals surface area contributed by atoms with Crippen LogP contribution in [-0.4, -0.2) is 47.4 Å². The molecule has 1 amide bonds. The first-order valence-electron chi connectivity index (χ1n) is 10.8. The third kappa shape index (κ3) is 10.5. The van der Waals surface area contributed by atoms with Crippen molar-refractivity contribution in [2.24, 2.45) is 11.8 Å². The number of hydrogen-bond donors (Lipinski definition) is 2. The van der Waals surface area contributed by atoms with E-state index in [4.69, 9.17) is 26.4 Å². The minimum Gasteiger partial charge on any atom is -0.563 e. The third-order valence-electron chi connectivity index (χ3n) is 5.24. The minimum atomic E-state index is -0.997. The summed E-state index contributed by atoms with van der Waals surface area (Å²) >= 11 is 5.35. The van der Waals surface area contributed by atoms with Crippen molar-refractivity contribution >= 4 is 29.8 Å². The SMILES string of the molecule is CC(C)(C)OC(=O)NC(CC1CCC1)C(=O)O.CCOC(=O)C(CC1CCC1)[N-]Cl. The average Bonchev–Trinajstić information content (AvgIpc) is 2.55. The number of nitrogens with zero attached hydrogens (tertiary/aromatic N) is 1. The normalized spacial score (nSPS) is 18.6. The summed E-state index contributed by atoms with van der Waals surface area (Å²) < 4.78 is 9.89. The van der Waals surface area contributed by atoms with Gasteiger partial charge in [0.15, 0.2) is 0 Å². The van der Waals surface area contributed by atoms with Crippen LogP contribution in [0.2, 0.25) is 0 Å². The largest absolute Gasteiger partial charge is 0.563 e. The van der Waals surface area contributed by atoms with Gasteiger partial charge in [-0.15, -0.1) is 0 Å². The fourth-order valence-corrected chi connectivity index (χ4v) is 3.35. The summed E-state index contributed by atoms with van der Waals surface area (Å²) in [4.78, 5) is 37.2. The van der Waals surface area contributed by atoms with Crippen LogP contribution in [0.15, 0.2) is 0 Å². The summed E-state index contributed by atoms with van der Waals surface area (Å²) in [5.74, 6) is -0.241. The maximum Gasteiger partial charge on any atom is 0.408 e. The third-order valence-corrected chi connectivity index (χ3v) is 5.48. The molecule has 0 radical (unpaired) electrons. The topological polar surface area (TPSA) is 116 Å². The first kappa shape index (κ1) is 26.5. The highest BCUT2D eigenvalue weighted by Crippen LogP contribution is 2.33. The van der Waals surface area contributed by atoms with E-state index in [9.17, 15) is 14.4 Å². The lowest BCUT2D eigenvalue weighted by Crippen LogP contribution is -2.45. The molecule has 0 aromatic heterocycles. The molecule has 2 rings (SSSR count). The average molecular weight is 448 g/mol. The number of alkyl carbamates (subject to hydrolysis) is 1. The fourth-order valence-electron chi connectivity index (χ4n) is 3.19. The van der Waals surface area contributed by atoms with Gasteiger partial charge in [-0.25, -0.2) is 9.59 Å². The van der Waals surface area contributed by atoms with Crippen molar-refractivity contribution < 1.29 is 29.0 Å². The van der Waals surface area contributed by atoms with Gasteiger partial charge in [0.2, 0.25) is 0 Å². The number of nitrogens with one attached hydrogen (secondary N) is 1. The van der Waals surface area contributed by atoms with E-state index in [-0.39, 0.29) is 5.97 Å². The van der Waals surface area contributed by atoms with Crippen molar-refractivity contribution in [1.29, 1.82) is 0 Å². The number of rotatable bonds is 9. The van der Waals surface area contributed by atoms with Crippen molar-refractivity contribution in [2.45, 2.75) is 96.7 Å². The van der Waals surface area contributed by atoms with E-state index in [1.165, 1.54) is 19.3 Å². The van der Waals surface area contributed by atoms with E-state index in [1.54, 1.807) is 27.7 Å². The van der Waals surface area contributed by atoms with Crippen LogP contribution in [0.5, 0.6) is 0 Å². The van der Waals surface area contributed by atoms with Gasteiger partial charge in [-0.1, -0.05) is 44.9 Å². The smallest absolute Gasteiger partial charge is 0.408 e. The maximum atomic E-state index is 11.5. The summed E-state index contributed by atoms with van der Waals surface area (Å²) in [5, 5.41) is 11.4. The van der Waals surface area contributed by atoms with E-state index in [1.807, 2.05) is 0 Å². The molecule has 2 atom stereocenters. The predicted octanol–water partition coefficient (Wildman–Crippen LogP) is 4.79. The van der Waals surface area contributed by atoms with Crippen LogP contribution in [-0.2, 0) is 19.1 Å². The predicted molar refractivity (Wildman–Crippen MR) is 114 cm³/mol. The van der Waals surface area contributed by atoms with Gasteiger partial charge in [-0.05, 0) is 52.0 Å². The monoisotopic (exact) mass is 447 g/mol. The van der Waals surface area contributed by atoms with E-state index in [0.29, 0.717) is 24.9 Å². The molecule has 0 bridgehead atoms. The number of amides is 1. The van der Waals surface area contributed by atoms with E-state index >= 15 is 0 Å². The number of carbonyl (C=O) groups is 3. The molecule has 2 aliphatic carbocycles. The number of carbonyl (C=O) groups excluding carboxylic acids is 2. The van der Waals surface area contributed by atoms with Crippen molar-refractivity contribution in [3.05, 3.63) is 4.84 Å². The second-order valence-corrected chi connectivity index (χ2v) is 9.16. The Kier molecular flexibility index (Phi) is 11.5. The number of carboxylic acid groups (broad SMARTS) is 1. The molecule has 8 nitrogen and oxygen atoms in total. The van der Waals surface area contributed by atoms with Gasteiger partial charge in [0.05, 0.1) is 6.61 Å². The Hall–Kier alpha value is -1.54. The standard InChI is InChI=1S/C12H21NO4.C9H15ClNO2/c1-12(2,3)17-11(16)13-9(10(14)15)7-8-5-4-6-8;1-2-13-9(12)8(11-10)6-7-4-3-5-7/h8-9H,4-7H2,1-3H3,(H,13,16)(H,14,15);7-8H,2-6H2,1H3/q;-1. The van der Waals surface area contributed by atoms with Crippen molar-refractivity contribution in [1.82, 2.24) is 5.32 Å². The summed E-state index contributed by atoms with van der Waals surface area (Å²) in [5.41, 5.74) is -0.608. The Balaban J connectivity index is 0.000000311. The lowest BCUT2D eigenvalue weighted by Gasteiger charge is -2.33. The maximum absolute atomic E-state index is 11.5. The second kappa shape index (κ2) is 13.0. The van der Waals surface area contributed by atoms with Gasteiger partial charge < -0.3 is 24.7 Å². The van der Waals surface area contributed by atoms with Crippen molar-refractivity contribution in [3.8, 4) is 0 Å². The number of esters is 1. The van der Waals surface area contributed by atoms with Gasteiger partial charge in [0.1, 0.15) is 11.6 Å². The first-order chi connectivity index (χ1) is 14.1. The zero-order valence-corrected chi connectivity index (χ0v) is 19.2. The molecule has 9 heteroatoms. The summed E-state index contributed by atoms with van der Waals surface area (Å²) in [6, 6.07) is -1.29. The van der Waals surface area contributed by atoms with Crippen molar-refractivity contribution in [3.63, 3.8) is 0 Å². The summed E-state index contributed by atoms with van der Waals surface area (Å²) in [7, 11) is 0. The van der Waals surface area contributed by atoms with Gasteiger partial charge in [0.25, 0.3) is 5.97 Å². The van der Waals surface area contributed by atoms with Gasteiger partial charge in [-0.2, -0.15) is 0 Å². The molecule has 0 spiro atoms. The molecular formula is C21H36ClN2O6-. The Morgan fingerprint density at radius 1 is 1.10 bits per heavy atom. The minimum absolute atomic E-state index is 0.288. The number of ether oxygens (including phenoxy) is 2. The molecule has 2 saturated carbocycles. The molecule has 0 aromatic carbocycles. The Morgan fingerprint density at radius 2 is 1.63 bits per heavy atom. The zero-order chi connectivity index (χ0) is 22.7. The summed E-state index contributed by atoms with van der Waals surface area (Å²) in [6.45, 7) is 7.41. The zero-order valence-electron chi connectivity index (χ0n) is 18.5. The molecule has 0 saturated heterocycles. The molecular weight excluding hydrogens is 412 g/mol. The van der Waals surface area contributed by atoms with Crippen LogP contribution in [0.1, 0.15) is 79.1 Å². The quantitative estimate of drug-likeness (QED) is 0.491. The van der Waals surface area contributed by atoms with E-state index < -0.39 is 29.7 Å². The molecule has 0 aliphatic heterocycles. The number of carboxylic acids is 1. The Morgan fingerprint density at radius 3 is 2.00 bits per heavy atom. The van der Waals surface area contributed by atoms with Crippen LogP contribution in [0.4, 0.5) is 4.79 Å².